The van der Waals surface area contributed by atoms with Crippen LogP contribution in [0, 0.1) is 24.5 Å². The van der Waals surface area contributed by atoms with Crippen LogP contribution in [0.3, 0.4) is 0 Å². The average molecular weight is 682 g/mol. The maximum absolute atomic E-state index is 15.4. The van der Waals surface area contributed by atoms with Crippen LogP contribution in [-0.2, 0) is 17.8 Å². The lowest BCUT2D eigenvalue weighted by molar-refractivity contribution is -0.130. The zero-order chi connectivity index (χ0) is 31.3. The highest BCUT2D eigenvalue weighted by molar-refractivity contribution is 9.10. The van der Waals surface area contributed by atoms with Crippen molar-refractivity contribution >= 4 is 50.3 Å². The van der Waals surface area contributed by atoms with Gasteiger partial charge >= 0.3 is 5.69 Å². The van der Waals surface area contributed by atoms with Gasteiger partial charge in [0.15, 0.2) is 0 Å². The number of aryl methyl sites for hydroxylation is 1. The van der Waals surface area contributed by atoms with Crippen LogP contribution >= 0.6 is 27.7 Å². The Balaban J connectivity index is 1.55. The molecule has 1 amide bonds. The Morgan fingerprint density at radius 1 is 1.11 bits per heavy atom. The van der Waals surface area contributed by atoms with Gasteiger partial charge in [0.2, 0.25) is 5.91 Å². The second kappa shape index (κ2) is 12.0. The van der Waals surface area contributed by atoms with E-state index >= 15 is 4.39 Å². The predicted octanol–water partition coefficient (Wildman–Crippen LogP) is 5.78. The SMILES string of the molecule is C=CC(=O)N1[C@H](C)CN(c2nc(=O)n3c4c(c(-c5cc(Br)c(F)cc5F)c(C)cc24)SC[C@@H](Cc2ncccn2)C3)C[C@@H]1C. The number of benzene rings is 2. The minimum atomic E-state index is -0.688. The number of piperazine rings is 1. The van der Waals surface area contributed by atoms with Crippen molar-refractivity contribution < 1.29 is 13.6 Å². The van der Waals surface area contributed by atoms with Crippen LogP contribution in [0.2, 0.25) is 0 Å². The number of thioether (sulfide) groups is 1. The lowest BCUT2D eigenvalue weighted by Gasteiger charge is -2.44. The lowest BCUT2D eigenvalue weighted by Crippen LogP contribution is -2.58. The van der Waals surface area contributed by atoms with E-state index in [4.69, 9.17) is 0 Å². The van der Waals surface area contributed by atoms with Gasteiger partial charge in [-0.3, -0.25) is 9.36 Å². The summed E-state index contributed by atoms with van der Waals surface area (Å²) < 4.78 is 31.6. The Hall–Kier alpha value is -3.64. The topological polar surface area (TPSA) is 84.2 Å². The molecule has 0 saturated carbocycles. The van der Waals surface area contributed by atoms with E-state index in [-0.39, 0.29) is 33.9 Å². The summed E-state index contributed by atoms with van der Waals surface area (Å²) in [5.41, 5.74) is 1.91. The van der Waals surface area contributed by atoms with Crippen molar-refractivity contribution in [3.05, 3.63) is 87.3 Å². The molecule has 0 aliphatic carbocycles. The molecular weight excluding hydrogens is 650 g/mol. The fraction of sp³-hybridized carbons (Fsp3) is 0.344. The molecule has 228 valence electrons. The molecule has 44 heavy (non-hydrogen) atoms. The zero-order valence-electron chi connectivity index (χ0n) is 24.6. The highest BCUT2D eigenvalue weighted by atomic mass is 79.9. The third kappa shape index (κ3) is 5.42. The number of aromatic nitrogens is 4. The molecule has 4 heterocycles. The van der Waals surface area contributed by atoms with E-state index in [2.05, 4.69) is 42.4 Å². The summed E-state index contributed by atoms with van der Waals surface area (Å²) in [5, 5.41) is 0.773. The molecule has 0 spiro atoms. The Bertz CT molecular complexity index is 1840. The van der Waals surface area contributed by atoms with Gasteiger partial charge in [0.25, 0.3) is 0 Å². The third-order valence-electron chi connectivity index (χ3n) is 8.32. The van der Waals surface area contributed by atoms with Gasteiger partial charge in [0, 0.05) is 83.8 Å². The largest absolute Gasteiger partial charge is 0.352 e. The number of rotatable bonds is 5. The first kappa shape index (κ1) is 30.4. The molecular formula is C32H31BrF2N6O2S. The lowest BCUT2D eigenvalue weighted by atomic mass is 9.96. The van der Waals surface area contributed by atoms with Crippen LogP contribution in [0.15, 0.2) is 63.5 Å². The Morgan fingerprint density at radius 3 is 2.50 bits per heavy atom. The summed E-state index contributed by atoms with van der Waals surface area (Å²) in [6.07, 6.45) is 5.27. The number of nitrogens with zero attached hydrogens (tertiary/aromatic N) is 6. The monoisotopic (exact) mass is 680 g/mol. The minimum absolute atomic E-state index is 0.00480. The van der Waals surface area contributed by atoms with E-state index in [1.54, 1.807) is 39.7 Å². The number of amides is 1. The van der Waals surface area contributed by atoms with Crippen LogP contribution in [-0.4, -0.2) is 61.3 Å². The highest BCUT2D eigenvalue weighted by Gasteiger charge is 2.35. The van der Waals surface area contributed by atoms with Crippen molar-refractivity contribution in [3.8, 4) is 11.1 Å². The van der Waals surface area contributed by atoms with E-state index in [1.165, 1.54) is 12.1 Å². The predicted molar refractivity (Wildman–Crippen MR) is 172 cm³/mol. The van der Waals surface area contributed by atoms with Crippen LogP contribution in [0.25, 0.3) is 22.0 Å². The third-order valence-corrected chi connectivity index (χ3v) is 10.2. The molecule has 2 aromatic heterocycles. The maximum atomic E-state index is 15.4. The number of halogens is 3. The van der Waals surface area contributed by atoms with Crippen molar-refractivity contribution in [3.63, 3.8) is 0 Å². The molecule has 1 saturated heterocycles. The van der Waals surface area contributed by atoms with E-state index in [1.807, 2.05) is 26.8 Å². The smallest absolute Gasteiger partial charge is 0.350 e. The summed E-state index contributed by atoms with van der Waals surface area (Å²) in [7, 11) is 0. The highest BCUT2D eigenvalue weighted by Crippen LogP contribution is 2.45. The van der Waals surface area contributed by atoms with Crippen LogP contribution in [0.1, 0.15) is 25.2 Å². The van der Waals surface area contributed by atoms with E-state index < -0.39 is 17.3 Å². The minimum Gasteiger partial charge on any atom is -0.352 e. The molecule has 0 unspecified atom stereocenters. The average Bonchev–Trinajstić information content (AvgIpc) is 3.17. The Morgan fingerprint density at radius 2 is 1.82 bits per heavy atom. The molecule has 8 nitrogen and oxygen atoms in total. The number of carbonyl (C=O) groups is 1. The van der Waals surface area contributed by atoms with Crippen molar-refractivity contribution in [1.82, 2.24) is 24.4 Å². The van der Waals surface area contributed by atoms with Crippen molar-refractivity contribution in [2.45, 2.75) is 50.7 Å². The summed E-state index contributed by atoms with van der Waals surface area (Å²) in [6.45, 7) is 10.8. The van der Waals surface area contributed by atoms with Gasteiger partial charge in [0.05, 0.1) is 9.99 Å². The number of carbonyl (C=O) groups excluding carboxylic acids is 1. The molecule has 3 atom stereocenters. The molecule has 2 aromatic carbocycles. The first-order valence-corrected chi connectivity index (χ1v) is 16.2. The maximum Gasteiger partial charge on any atom is 0.350 e. The number of hydrogen-bond acceptors (Lipinski definition) is 7. The molecule has 4 aromatic rings. The van der Waals surface area contributed by atoms with Crippen molar-refractivity contribution in [1.29, 1.82) is 0 Å². The molecule has 0 radical (unpaired) electrons. The van der Waals surface area contributed by atoms with E-state index in [9.17, 15) is 14.0 Å². The second-order valence-electron chi connectivity index (χ2n) is 11.5. The van der Waals surface area contributed by atoms with E-state index in [0.29, 0.717) is 54.5 Å². The van der Waals surface area contributed by atoms with Crippen molar-refractivity contribution in [2.75, 3.05) is 23.7 Å². The van der Waals surface area contributed by atoms with Crippen molar-refractivity contribution in [2.24, 2.45) is 5.92 Å². The second-order valence-corrected chi connectivity index (χ2v) is 13.4. The quantitative estimate of drug-likeness (QED) is 0.195. The van der Waals surface area contributed by atoms with Gasteiger partial charge in [-0.05, 0) is 72.5 Å². The summed E-state index contributed by atoms with van der Waals surface area (Å²) in [4.78, 5) is 44.5. The van der Waals surface area contributed by atoms with Crippen LogP contribution in [0.4, 0.5) is 14.6 Å². The van der Waals surface area contributed by atoms with Gasteiger partial charge in [-0.1, -0.05) is 6.58 Å². The molecule has 2 aliphatic heterocycles. The van der Waals surface area contributed by atoms with Gasteiger partial charge < -0.3 is 9.80 Å². The first-order chi connectivity index (χ1) is 21.1. The molecule has 12 heteroatoms. The standard InChI is InChI=1S/C32H31BrF2N6O2S/c1-5-27(42)41-18(3)13-39(14-19(41)4)31-22-9-17(2)28(21-11-23(33)25(35)12-24(21)34)30-29(22)40(32(43)38-31)15-20(16-44-30)10-26-36-7-6-8-37-26/h5-9,11-12,18-20H,1,10,13-16H2,2-4H3/t18-,19+,20-/m0/s1. The molecule has 2 aliphatic rings. The normalized spacial score (nSPS) is 20.1. The fourth-order valence-electron chi connectivity index (χ4n) is 6.49. The molecule has 1 fully saturated rings. The zero-order valence-corrected chi connectivity index (χ0v) is 27.0. The van der Waals surface area contributed by atoms with E-state index in [0.717, 1.165) is 21.9 Å². The molecule has 0 N–H and O–H groups in total. The Kier molecular flexibility index (Phi) is 8.31. The fourth-order valence-corrected chi connectivity index (χ4v) is 8.23. The van der Waals surface area contributed by atoms with Gasteiger partial charge in [-0.15, -0.1) is 11.8 Å². The number of hydrogen-bond donors (Lipinski definition) is 0. The molecule has 6 rings (SSSR count). The van der Waals surface area contributed by atoms with Gasteiger partial charge in [0.1, 0.15) is 23.3 Å². The van der Waals surface area contributed by atoms with Crippen LogP contribution in [0.5, 0.6) is 0 Å². The van der Waals surface area contributed by atoms with Gasteiger partial charge in [-0.2, -0.15) is 4.98 Å². The van der Waals surface area contributed by atoms with Gasteiger partial charge in [-0.25, -0.2) is 23.5 Å². The number of anilines is 1. The summed E-state index contributed by atoms with van der Waals surface area (Å²) >= 11 is 4.78. The summed E-state index contributed by atoms with van der Waals surface area (Å²) in [6, 6.07) is 5.76. The summed E-state index contributed by atoms with van der Waals surface area (Å²) in [5.74, 6) is 0.328. The van der Waals surface area contributed by atoms with Crippen LogP contribution < -0.4 is 10.6 Å². The first-order valence-electron chi connectivity index (χ1n) is 14.4. The Labute approximate surface area is 266 Å². The molecule has 0 bridgehead atoms.